The van der Waals surface area contributed by atoms with E-state index in [4.69, 9.17) is 26.6 Å². The van der Waals surface area contributed by atoms with Crippen LogP contribution in [0.25, 0.3) is 0 Å². The van der Waals surface area contributed by atoms with Gasteiger partial charge in [-0.25, -0.2) is 0 Å². The predicted octanol–water partition coefficient (Wildman–Crippen LogP) is 1.59. The Kier molecular flexibility index (Phi) is 4.73. The van der Waals surface area contributed by atoms with Gasteiger partial charge in [-0.1, -0.05) is 23.7 Å². The van der Waals surface area contributed by atoms with Gasteiger partial charge < -0.3 is 14.9 Å². The van der Waals surface area contributed by atoms with Gasteiger partial charge in [-0.2, -0.15) is 0 Å². The molecular formula is C10H13ClO3. The summed E-state index contributed by atoms with van der Waals surface area (Å²) < 4.78 is 5.35. The smallest absolute Gasteiger partial charge is 0.143 e. The third-order valence-corrected chi connectivity index (χ3v) is 2.07. The molecule has 0 bridgehead atoms. The molecule has 3 nitrogen and oxygen atoms in total. The summed E-state index contributed by atoms with van der Waals surface area (Å²) in [6.45, 7) is 0.376. The molecular weight excluding hydrogens is 204 g/mol. The van der Waals surface area contributed by atoms with E-state index in [0.717, 1.165) is 0 Å². The number of hydrogen-bond donors (Lipinski definition) is 2. The van der Waals surface area contributed by atoms with Gasteiger partial charge in [0.2, 0.25) is 0 Å². The van der Waals surface area contributed by atoms with Crippen LogP contribution in [0.15, 0.2) is 18.2 Å². The van der Waals surface area contributed by atoms with Crippen molar-refractivity contribution in [2.75, 3.05) is 13.2 Å². The normalized spacial score (nSPS) is 10.2. The lowest BCUT2D eigenvalue weighted by atomic mass is 10.2. The number of rotatable bonds is 5. The van der Waals surface area contributed by atoms with Crippen LogP contribution in [0.1, 0.15) is 12.0 Å². The lowest BCUT2D eigenvalue weighted by Crippen LogP contribution is -2.02. The summed E-state index contributed by atoms with van der Waals surface area (Å²) >= 11 is 5.89. The second kappa shape index (κ2) is 5.86. The highest BCUT2D eigenvalue weighted by Gasteiger charge is 2.06. The highest BCUT2D eigenvalue weighted by atomic mass is 35.5. The van der Waals surface area contributed by atoms with Gasteiger partial charge in [-0.15, -0.1) is 0 Å². The SMILES string of the molecule is OCCCOc1c(Cl)cccc1CO. The molecule has 0 fully saturated rings. The molecule has 0 aliphatic carbocycles. The maximum Gasteiger partial charge on any atom is 0.143 e. The van der Waals surface area contributed by atoms with E-state index < -0.39 is 0 Å². The molecule has 4 heteroatoms. The lowest BCUT2D eigenvalue weighted by molar-refractivity contribution is 0.226. The van der Waals surface area contributed by atoms with Crippen molar-refractivity contribution < 1.29 is 14.9 Å². The van der Waals surface area contributed by atoms with Crippen LogP contribution in [0.3, 0.4) is 0 Å². The average Bonchev–Trinajstić information content (AvgIpc) is 2.20. The Balaban J connectivity index is 2.72. The molecule has 0 aliphatic rings. The van der Waals surface area contributed by atoms with Crippen molar-refractivity contribution >= 4 is 11.6 Å². The van der Waals surface area contributed by atoms with Gasteiger partial charge in [0.05, 0.1) is 18.2 Å². The number of aliphatic hydroxyl groups excluding tert-OH is 2. The first kappa shape index (κ1) is 11.3. The topological polar surface area (TPSA) is 49.7 Å². The van der Waals surface area contributed by atoms with Gasteiger partial charge in [0.15, 0.2) is 0 Å². The van der Waals surface area contributed by atoms with Crippen molar-refractivity contribution in [2.45, 2.75) is 13.0 Å². The molecule has 1 aromatic rings. The first-order chi connectivity index (χ1) is 6.79. The van der Waals surface area contributed by atoms with E-state index in [1.54, 1.807) is 18.2 Å². The molecule has 2 N–H and O–H groups in total. The number of aliphatic hydroxyl groups is 2. The molecule has 0 saturated carbocycles. The Hall–Kier alpha value is -0.770. The van der Waals surface area contributed by atoms with Crippen LogP contribution >= 0.6 is 11.6 Å². The quantitative estimate of drug-likeness (QED) is 0.735. The minimum Gasteiger partial charge on any atom is -0.492 e. The summed E-state index contributed by atoms with van der Waals surface area (Å²) in [5, 5.41) is 18.1. The fourth-order valence-corrected chi connectivity index (χ4v) is 1.33. The van der Waals surface area contributed by atoms with Crippen LogP contribution in [0.5, 0.6) is 5.75 Å². The van der Waals surface area contributed by atoms with E-state index in [2.05, 4.69) is 0 Å². The summed E-state index contributed by atoms with van der Waals surface area (Å²) in [5.74, 6) is 0.505. The van der Waals surface area contributed by atoms with E-state index in [1.807, 2.05) is 0 Å². The van der Waals surface area contributed by atoms with Crippen LogP contribution in [-0.4, -0.2) is 23.4 Å². The van der Waals surface area contributed by atoms with E-state index in [9.17, 15) is 0 Å². The van der Waals surface area contributed by atoms with Crippen molar-refractivity contribution in [2.24, 2.45) is 0 Å². The van der Waals surface area contributed by atoms with E-state index in [0.29, 0.717) is 29.4 Å². The number of hydrogen-bond acceptors (Lipinski definition) is 3. The maximum atomic E-state index is 9.01. The van der Waals surface area contributed by atoms with Gasteiger partial charge in [0.25, 0.3) is 0 Å². The molecule has 0 radical (unpaired) electrons. The van der Waals surface area contributed by atoms with Crippen LogP contribution in [0.4, 0.5) is 0 Å². The zero-order chi connectivity index (χ0) is 10.4. The molecule has 0 heterocycles. The zero-order valence-electron chi connectivity index (χ0n) is 7.74. The first-order valence-electron chi connectivity index (χ1n) is 4.41. The summed E-state index contributed by atoms with van der Waals surface area (Å²) in [6.07, 6.45) is 0.552. The van der Waals surface area contributed by atoms with E-state index in [-0.39, 0.29) is 13.2 Å². The molecule has 0 saturated heterocycles. The van der Waals surface area contributed by atoms with Crippen LogP contribution in [0.2, 0.25) is 5.02 Å². The molecule has 0 amide bonds. The Labute approximate surface area is 87.9 Å². The first-order valence-corrected chi connectivity index (χ1v) is 4.79. The summed E-state index contributed by atoms with van der Waals surface area (Å²) in [7, 11) is 0. The number of ether oxygens (including phenoxy) is 1. The van der Waals surface area contributed by atoms with Crippen molar-refractivity contribution in [3.8, 4) is 5.75 Å². The Morgan fingerprint density at radius 3 is 2.71 bits per heavy atom. The Bertz CT molecular complexity index is 289. The number of para-hydroxylation sites is 1. The molecule has 78 valence electrons. The molecule has 0 unspecified atom stereocenters. The highest BCUT2D eigenvalue weighted by molar-refractivity contribution is 6.32. The molecule has 0 atom stereocenters. The van der Waals surface area contributed by atoms with Gasteiger partial charge in [-0.05, 0) is 6.07 Å². The van der Waals surface area contributed by atoms with Crippen LogP contribution < -0.4 is 4.74 Å². The summed E-state index contributed by atoms with van der Waals surface area (Å²) in [4.78, 5) is 0. The lowest BCUT2D eigenvalue weighted by Gasteiger charge is -2.10. The third kappa shape index (κ3) is 2.87. The summed E-state index contributed by atoms with van der Waals surface area (Å²) in [5.41, 5.74) is 0.662. The number of benzene rings is 1. The molecule has 1 aromatic carbocycles. The minimum absolute atomic E-state index is 0.0823. The molecule has 14 heavy (non-hydrogen) atoms. The van der Waals surface area contributed by atoms with E-state index >= 15 is 0 Å². The second-order valence-electron chi connectivity index (χ2n) is 2.81. The molecule has 0 aromatic heterocycles. The zero-order valence-corrected chi connectivity index (χ0v) is 8.50. The van der Waals surface area contributed by atoms with Crippen molar-refractivity contribution in [1.82, 2.24) is 0 Å². The van der Waals surface area contributed by atoms with Gasteiger partial charge in [-0.3, -0.25) is 0 Å². The Morgan fingerprint density at radius 1 is 1.29 bits per heavy atom. The fourth-order valence-electron chi connectivity index (χ4n) is 1.08. The van der Waals surface area contributed by atoms with E-state index in [1.165, 1.54) is 0 Å². The van der Waals surface area contributed by atoms with Crippen LogP contribution in [-0.2, 0) is 6.61 Å². The fraction of sp³-hybridized carbons (Fsp3) is 0.400. The molecule has 0 aliphatic heterocycles. The predicted molar refractivity (Wildman–Crippen MR) is 54.6 cm³/mol. The Morgan fingerprint density at radius 2 is 2.07 bits per heavy atom. The highest BCUT2D eigenvalue weighted by Crippen LogP contribution is 2.28. The van der Waals surface area contributed by atoms with Gasteiger partial charge in [0.1, 0.15) is 5.75 Å². The number of halogens is 1. The van der Waals surface area contributed by atoms with Gasteiger partial charge in [0, 0.05) is 18.6 Å². The standard InChI is InChI=1S/C10H13ClO3/c11-9-4-1-3-8(7-13)10(9)14-6-2-5-12/h1,3-4,12-13H,2,5-7H2. The molecule has 0 spiro atoms. The second-order valence-corrected chi connectivity index (χ2v) is 3.22. The monoisotopic (exact) mass is 216 g/mol. The van der Waals surface area contributed by atoms with Crippen molar-refractivity contribution in [3.05, 3.63) is 28.8 Å². The molecule has 1 rings (SSSR count). The summed E-state index contributed by atoms with van der Waals surface area (Å²) in [6, 6.07) is 5.21. The van der Waals surface area contributed by atoms with Crippen LogP contribution in [0, 0.1) is 0 Å². The maximum absolute atomic E-state index is 9.01. The largest absolute Gasteiger partial charge is 0.492 e. The third-order valence-electron chi connectivity index (χ3n) is 1.77. The minimum atomic E-state index is -0.102. The average molecular weight is 217 g/mol. The van der Waals surface area contributed by atoms with Crippen molar-refractivity contribution in [1.29, 1.82) is 0 Å². The van der Waals surface area contributed by atoms with Gasteiger partial charge >= 0.3 is 0 Å². The van der Waals surface area contributed by atoms with Crippen molar-refractivity contribution in [3.63, 3.8) is 0 Å².